The van der Waals surface area contributed by atoms with Crippen molar-refractivity contribution in [3.05, 3.63) is 59.7 Å². The normalized spacial score (nSPS) is 10.4. The molecule has 7 heteroatoms. The Balaban J connectivity index is 1.76. The van der Waals surface area contributed by atoms with Gasteiger partial charge in [0.1, 0.15) is 0 Å². The number of nitrogens with zero attached hydrogens (tertiary/aromatic N) is 1. The molecule has 0 unspecified atom stereocenters. The summed E-state index contributed by atoms with van der Waals surface area (Å²) in [6.07, 6.45) is 1.63. The second-order valence-corrected chi connectivity index (χ2v) is 5.28. The summed E-state index contributed by atoms with van der Waals surface area (Å²) in [6, 6.07) is 14.1. The van der Waals surface area contributed by atoms with E-state index >= 15 is 0 Å². The molecular weight excluding hydrogens is 334 g/mol. The zero-order valence-electron chi connectivity index (χ0n) is 14.7. The summed E-state index contributed by atoms with van der Waals surface area (Å²) in [6.45, 7) is 0.228. The zero-order chi connectivity index (χ0) is 18.8. The van der Waals surface area contributed by atoms with Crippen molar-refractivity contribution in [2.75, 3.05) is 20.8 Å². The lowest BCUT2D eigenvalue weighted by molar-refractivity contribution is -0.120. The molecule has 136 valence electrons. The number of nitrogens with one attached hydrogen (secondary N) is 2. The summed E-state index contributed by atoms with van der Waals surface area (Å²) < 4.78 is 10.4. The van der Waals surface area contributed by atoms with Gasteiger partial charge in [-0.3, -0.25) is 9.59 Å². The lowest BCUT2D eigenvalue weighted by Crippen LogP contribution is -2.28. The van der Waals surface area contributed by atoms with Gasteiger partial charge in [0.25, 0.3) is 5.91 Å². The summed E-state index contributed by atoms with van der Waals surface area (Å²) in [4.78, 5) is 23.6. The van der Waals surface area contributed by atoms with E-state index in [1.54, 1.807) is 56.7 Å². The first kappa shape index (κ1) is 19.0. The summed E-state index contributed by atoms with van der Waals surface area (Å²) in [5.74, 6) is 0.677. The summed E-state index contributed by atoms with van der Waals surface area (Å²) in [5, 5.41) is 6.58. The Bertz CT molecular complexity index is 776. The number of rotatable bonds is 8. The minimum Gasteiger partial charge on any atom is -0.493 e. The van der Waals surface area contributed by atoms with Crippen LogP contribution in [0.2, 0.25) is 0 Å². The van der Waals surface area contributed by atoms with Gasteiger partial charge in [0.05, 0.1) is 20.4 Å². The fourth-order valence-electron chi connectivity index (χ4n) is 2.15. The largest absolute Gasteiger partial charge is 0.493 e. The van der Waals surface area contributed by atoms with Gasteiger partial charge in [-0.15, -0.1) is 0 Å². The minimum absolute atomic E-state index is 0.127. The molecule has 2 aromatic rings. The van der Waals surface area contributed by atoms with Crippen LogP contribution in [-0.4, -0.2) is 38.8 Å². The molecule has 2 amide bonds. The van der Waals surface area contributed by atoms with Gasteiger partial charge < -0.3 is 14.8 Å². The quantitative estimate of drug-likeness (QED) is 0.560. The predicted octanol–water partition coefficient (Wildman–Crippen LogP) is 1.97. The highest BCUT2D eigenvalue weighted by atomic mass is 16.5. The maximum atomic E-state index is 11.8. The summed E-state index contributed by atoms with van der Waals surface area (Å²) in [5.41, 5.74) is 3.72. The van der Waals surface area contributed by atoms with Crippen molar-refractivity contribution in [3.63, 3.8) is 0 Å². The molecule has 0 saturated heterocycles. The minimum atomic E-state index is -0.296. The van der Waals surface area contributed by atoms with Gasteiger partial charge in [-0.2, -0.15) is 5.10 Å². The second kappa shape index (κ2) is 9.83. The SMILES string of the molecule is COc1ccc(/C=N\NC(=O)CCNC(=O)c2ccccc2)cc1OC. The molecule has 26 heavy (non-hydrogen) atoms. The molecular formula is C19H21N3O4. The molecule has 2 rings (SSSR count). The third kappa shape index (κ3) is 5.62. The highest BCUT2D eigenvalue weighted by Crippen LogP contribution is 2.26. The highest BCUT2D eigenvalue weighted by Gasteiger charge is 2.06. The molecule has 2 N–H and O–H groups in total. The lowest BCUT2D eigenvalue weighted by atomic mass is 10.2. The second-order valence-electron chi connectivity index (χ2n) is 5.28. The number of methoxy groups -OCH3 is 2. The predicted molar refractivity (Wildman–Crippen MR) is 98.7 cm³/mol. The molecule has 0 radical (unpaired) electrons. The molecule has 0 spiro atoms. The van der Waals surface area contributed by atoms with E-state index in [9.17, 15) is 9.59 Å². The topological polar surface area (TPSA) is 89.0 Å². The van der Waals surface area contributed by atoms with Crippen LogP contribution in [-0.2, 0) is 4.79 Å². The van der Waals surface area contributed by atoms with Gasteiger partial charge >= 0.3 is 0 Å². The van der Waals surface area contributed by atoms with Crippen LogP contribution in [0.25, 0.3) is 0 Å². The molecule has 2 aromatic carbocycles. The number of hydrogen-bond donors (Lipinski definition) is 2. The third-order valence-corrected chi connectivity index (χ3v) is 3.48. The van der Waals surface area contributed by atoms with Gasteiger partial charge in [-0.25, -0.2) is 5.43 Å². The van der Waals surface area contributed by atoms with Crippen LogP contribution < -0.4 is 20.2 Å². The van der Waals surface area contributed by atoms with Crippen LogP contribution in [0, 0.1) is 0 Å². The van der Waals surface area contributed by atoms with Crippen molar-refractivity contribution in [2.24, 2.45) is 5.10 Å². The first-order chi connectivity index (χ1) is 12.6. The molecule has 0 heterocycles. The van der Waals surface area contributed by atoms with Gasteiger partial charge in [0, 0.05) is 18.5 Å². The Morgan fingerprint density at radius 2 is 1.77 bits per heavy atom. The van der Waals surface area contributed by atoms with Crippen molar-refractivity contribution in [2.45, 2.75) is 6.42 Å². The Morgan fingerprint density at radius 3 is 2.46 bits per heavy atom. The van der Waals surface area contributed by atoms with Crippen LogP contribution in [0.15, 0.2) is 53.6 Å². The third-order valence-electron chi connectivity index (χ3n) is 3.48. The maximum Gasteiger partial charge on any atom is 0.251 e. The number of hydrogen-bond acceptors (Lipinski definition) is 5. The smallest absolute Gasteiger partial charge is 0.251 e. The number of hydrazone groups is 1. The van der Waals surface area contributed by atoms with E-state index in [1.807, 2.05) is 6.07 Å². The number of ether oxygens (including phenoxy) is 2. The van der Waals surface area contributed by atoms with Gasteiger partial charge in [0.15, 0.2) is 11.5 Å². The number of benzene rings is 2. The Labute approximate surface area is 152 Å². The Kier molecular flexibility index (Phi) is 7.17. The molecule has 0 aliphatic carbocycles. The standard InChI is InChI=1S/C19H21N3O4/c1-25-16-9-8-14(12-17(16)26-2)13-21-22-18(23)10-11-20-19(24)15-6-4-3-5-7-15/h3-9,12-13H,10-11H2,1-2H3,(H,20,24)(H,22,23)/b21-13-. The van der Waals surface area contributed by atoms with Crippen LogP contribution in [0.5, 0.6) is 11.5 Å². The Morgan fingerprint density at radius 1 is 1.04 bits per heavy atom. The van der Waals surface area contributed by atoms with Crippen LogP contribution in [0.1, 0.15) is 22.3 Å². The van der Waals surface area contributed by atoms with Crippen molar-refractivity contribution in [1.82, 2.24) is 10.7 Å². The van der Waals surface area contributed by atoms with E-state index in [-0.39, 0.29) is 24.8 Å². The van der Waals surface area contributed by atoms with E-state index in [1.165, 1.54) is 6.21 Å². The van der Waals surface area contributed by atoms with Gasteiger partial charge in [-0.1, -0.05) is 18.2 Å². The average molecular weight is 355 g/mol. The van der Waals surface area contributed by atoms with E-state index in [0.29, 0.717) is 17.1 Å². The summed E-state index contributed by atoms with van der Waals surface area (Å²) in [7, 11) is 3.10. The van der Waals surface area contributed by atoms with Gasteiger partial charge in [0.2, 0.25) is 5.91 Å². The molecule has 0 aromatic heterocycles. The van der Waals surface area contributed by atoms with Crippen molar-refractivity contribution < 1.29 is 19.1 Å². The zero-order valence-corrected chi connectivity index (χ0v) is 14.7. The van der Waals surface area contributed by atoms with E-state index in [0.717, 1.165) is 5.56 Å². The monoisotopic (exact) mass is 355 g/mol. The van der Waals surface area contributed by atoms with Crippen molar-refractivity contribution in [1.29, 1.82) is 0 Å². The molecule has 0 fully saturated rings. The number of amides is 2. The maximum absolute atomic E-state index is 11.8. The number of carbonyl (C=O) groups excluding carboxylic acids is 2. The first-order valence-corrected chi connectivity index (χ1v) is 8.01. The van der Waals surface area contributed by atoms with E-state index in [4.69, 9.17) is 9.47 Å². The molecule has 0 bridgehead atoms. The molecule has 0 atom stereocenters. The first-order valence-electron chi connectivity index (χ1n) is 8.01. The molecule has 7 nitrogen and oxygen atoms in total. The van der Waals surface area contributed by atoms with Crippen LogP contribution in [0.3, 0.4) is 0 Å². The Hall–Kier alpha value is -3.35. The average Bonchev–Trinajstić information content (AvgIpc) is 2.68. The summed E-state index contributed by atoms with van der Waals surface area (Å²) >= 11 is 0. The highest BCUT2D eigenvalue weighted by molar-refractivity contribution is 5.94. The fraction of sp³-hybridized carbons (Fsp3) is 0.211. The molecule has 0 saturated carbocycles. The lowest BCUT2D eigenvalue weighted by Gasteiger charge is -2.07. The molecule has 0 aliphatic heterocycles. The van der Waals surface area contributed by atoms with Crippen molar-refractivity contribution in [3.8, 4) is 11.5 Å². The van der Waals surface area contributed by atoms with E-state index in [2.05, 4.69) is 15.8 Å². The number of carbonyl (C=O) groups is 2. The molecule has 0 aliphatic rings. The van der Waals surface area contributed by atoms with Crippen molar-refractivity contribution >= 4 is 18.0 Å². The van der Waals surface area contributed by atoms with Gasteiger partial charge in [-0.05, 0) is 35.9 Å². The van der Waals surface area contributed by atoms with Crippen LogP contribution in [0.4, 0.5) is 0 Å². The fourth-order valence-corrected chi connectivity index (χ4v) is 2.15. The van der Waals surface area contributed by atoms with Crippen LogP contribution >= 0.6 is 0 Å². The van der Waals surface area contributed by atoms with E-state index < -0.39 is 0 Å².